The molecule has 0 saturated carbocycles. The second-order valence-electron chi connectivity index (χ2n) is 5.37. The summed E-state index contributed by atoms with van der Waals surface area (Å²) in [6.45, 7) is 5.50. The van der Waals surface area contributed by atoms with E-state index in [-0.39, 0.29) is 11.3 Å². The molecular weight excluding hydrogens is 260 g/mol. The van der Waals surface area contributed by atoms with Crippen LogP contribution in [0.2, 0.25) is 0 Å². The van der Waals surface area contributed by atoms with Gasteiger partial charge in [-0.15, -0.1) is 0 Å². The lowest BCUT2D eigenvalue weighted by Gasteiger charge is -2.49. The van der Waals surface area contributed by atoms with Crippen molar-refractivity contribution in [2.45, 2.75) is 37.1 Å². The van der Waals surface area contributed by atoms with Gasteiger partial charge in [0.25, 0.3) is 0 Å². The summed E-state index contributed by atoms with van der Waals surface area (Å²) in [5, 5.41) is 0. The first kappa shape index (κ1) is 14.3. The van der Waals surface area contributed by atoms with Gasteiger partial charge < -0.3 is 10.6 Å². The molecule has 1 fully saturated rings. The Kier molecular flexibility index (Phi) is 3.87. The van der Waals surface area contributed by atoms with Crippen molar-refractivity contribution < 1.29 is 8.42 Å². The van der Waals surface area contributed by atoms with Crippen molar-refractivity contribution in [3.63, 3.8) is 0 Å². The molecule has 0 atom stereocenters. The summed E-state index contributed by atoms with van der Waals surface area (Å²) < 4.78 is 23.4. The Morgan fingerprint density at radius 2 is 1.79 bits per heavy atom. The molecule has 5 heteroatoms. The number of nitrogens with two attached hydrogens (primary N) is 1. The van der Waals surface area contributed by atoms with E-state index in [9.17, 15) is 8.42 Å². The fourth-order valence-electron chi connectivity index (χ4n) is 2.58. The molecule has 1 aromatic carbocycles. The van der Waals surface area contributed by atoms with Crippen molar-refractivity contribution in [3.8, 4) is 0 Å². The second-order valence-corrected chi connectivity index (χ2v) is 7.64. The van der Waals surface area contributed by atoms with Crippen molar-refractivity contribution in [2.75, 3.05) is 23.7 Å². The van der Waals surface area contributed by atoms with Crippen LogP contribution in [-0.4, -0.2) is 32.8 Å². The first-order chi connectivity index (χ1) is 8.90. The average molecular weight is 282 g/mol. The van der Waals surface area contributed by atoms with Crippen LogP contribution in [0.25, 0.3) is 0 Å². The van der Waals surface area contributed by atoms with E-state index >= 15 is 0 Å². The van der Waals surface area contributed by atoms with Crippen LogP contribution >= 0.6 is 0 Å². The highest BCUT2D eigenvalue weighted by atomic mass is 32.2. The molecule has 1 aromatic rings. The van der Waals surface area contributed by atoms with Gasteiger partial charge in [0.15, 0.2) is 9.84 Å². The zero-order chi connectivity index (χ0) is 14.1. The maximum absolute atomic E-state index is 11.7. The molecule has 0 spiro atoms. The molecule has 0 aromatic heterocycles. The predicted octanol–water partition coefficient (Wildman–Crippen LogP) is 1.80. The number of sulfone groups is 1. The number of anilines is 1. The molecular formula is C14H22N2O2S. The zero-order valence-corrected chi connectivity index (χ0v) is 12.4. The van der Waals surface area contributed by atoms with Crippen LogP contribution in [0.5, 0.6) is 0 Å². The highest BCUT2D eigenvalue weighted by molar-refractivity contribution is 7.91. The molecule has 0 unspecified atom stereocenters. The molecule has 106 valence electrons. The zero-order valence-electron chi connectivity index (χ0n) is 11.6. The number of hydrogen-bond acceptors (Lipinski definition) is 4. The van der Waals surface area contributed by atoms with E-state index in [0.717, 1.165) is 31.6 Å². The third-order valence-electron chi connectivity index (χ3n) is 3.70. The number of benzene rings is 1. The predicted molar refractivity (Wildman–Crippen MR) is 78.2 cm³/mol. The van der Waals surface area contributed by atoms with E-state index in [1.54, 1.807) is 19.1 Å². The smallest absolute Gasteiger partial charge is 0.178 e. The number of hydrogen-bond donors (Lipinski definition) is 1. The van der Waals surface area contributed by atoms with Crippen LogP contribution in [0.15, 0.2) is 29.2 Å². The molecule has 1 aliphatic heterocycles. The summed E-state index contributed by atoms with van der Waals surface area (Å²) >= 11 is 0. The summed E-state index contributed by atoms with van der Waals surface area (Å²) in [5.74, 6) is 0.137. The molecule has 19 heavy (non-hydrogen) atoms. The molecule has 1 aliphatic rings. The van der Waals surface area contributed by atoms with Crippen molar-refractivity contribution >= 4 is 15.5 Å². The summed E-state index contributed by atoms with van der Waals surface area (Å²) in [5.41, 5.74) is 7.21. The third kappa shape index (κ3) is 2.92. The van der Waals surface area contributed by atoms with Gasteiger partial charge in [0.05, 0.1) is 16.2 Å². The van der Waals surface area contributed by atoms with Gasteiger partial charge in [-0.2, -0.15) is 0 Å². The van der Waals surface area contributed by atoms with E-state index in [1.807, 2.05) is 12.1 Å². The maximum atomic E-state index is 11.7. The molecule has 1 saturated heterocycles. The van der Waals surface area contributed by atoms with Gasteiger partial charge in [0.1, 0.15) is 0 Å². The summed E-state index contributed by atoms with van der Waals surface area (Å²) in [4.78, 5) is 2.59. The summed E-state index contributed by atoms with van der Waals surface area (Å²) in [6.07, 6.45) is 2.13. The van der Waals surface area contributed by atoms with Gasteiger partial charge >= 0.3 is 0 Å². The minimum atomic E-state index is -3.10. The Balaban J connectivity index is 2.06. The Morgan fingerprint density at radius 1 is 1.21 bits per heavy atom. The lowest BCUT2D eigenvalue weighted by Crippen LogP contribution is -2.67. The monoisotopic (exact) mass is 282 g/mol. The van der Waals surface area contributed by atoms with Crippen molar-refractivity contribution in [1.82, 2.24) is 0 Å². The molecule has 1 heterocycles. The second kappa shape index (κ2) is 5.13. The average Bonchev–Trinajstić information content (AvgIpc) is 2.36. The summed E-state index contributed by atoms with van der Waals surface area (Å²) in [7, 11) is -3.10. The van der Waals surface area contributed by atoms with Crippen molar-refractivity contribution in [1.29, 1.82) is 0 Å². The Morgan fingerprint density at radius 3 is 2.26 bits per heavy atom. The minimum Gasteiger partial charge on any atom is -0.368 e. The topological polar surface area (TPSA) is 63.4 Å². The largest absolute Gasteiger partial charge is 0.368 e. The lowest BCUT2D eigenvalue weighted by molar-refractivity contribution is 0.308. The van der Waals surface area contributed by atoms with Gasteiger partial charge in [-0.05, 0) is 30.7 Å². The quantitative estimate of drug-likeness (QED) is 0.894. The van der Waals surface area contributed by atoms with Crippen LogP contribution in [-0.2, 0) is 9.84 Å². The maximum Gasteiger partial charge on any atom is 0.178 e. The van der Waals surface area contributed by atoms with Gasteiger partial charge in [-0.3, -0.25) is 0 Å². The van der Waals surface area contributed by atoms with Crippen molar-refractivity contribution in [2.24, 2.45) is 5.73 Å². The van der Waals surface area contributed by atoms with Crippen molar-refractivity contribution in [3.05, 3.63) is 24.3 Å². The van der Waals surface area contributed by atoms with E-state index < -0.39 is 9.84 Å². The van der Waals surface area contributed by atoms with E-state index in [1.165, 1.54) is 0 Å². The first-order valence-corrected chi connectivity index (χ1v) is 8.42. The molecule has 0 aliphatic carbocycles. The lowest BCUT2D eigenvalue weighted by atomic mass is 9.86. The molecule has 0 radical (unpaired) electrons. The van der Waals surface area contributed by atoms with Crippen LogP contribution in [0.1, 0.15) is 26.7 Å². The Labute approximate surface area is 115 Å². The standard InChI is InChI=1S/C14H22N2O2S/c1-3-9-14(15)10-16(11-14)12-5-7-13(8-6-12)19(17,18)4-2/h5-8H,3-4,9-11,15H2,1-2H3. The van der Waals surface area contributed by atoms with Gasteiger partial charge in [0.2, 0.25) is 0 Å². The molecule has 4 nitrogen and oxygen atoms in total. The molecule has 2 N–H and O–H groups in total. The van der Waals surface area contributed by atoms with Crippen LogP contribution in [0, 0.1) is 0 Å². The molecule has 0 amide bonds. The van der Waals surface area contributed by atoms with Crippen LogP contribution < -0.4 is 10.6 Å². The Bertz CT molecular complexity index is 531. The van der Waals surface area contributed by atoms with Gasteiger partial charge in [-0.1, -0.05) is 20.3 Å². The fourth-order valence-corrected chi connectivity index (χ4v) is 3.47. The first-order valence-electron chi connectivity index (χ1n) is 6.77. The van der Waals surface area contributed by atoms with Gasteiger partial charge in [0, 0.05) is 18.8 Å². The SMILES string of the molecule is CCCC1(N)CN(c2ccc(S(=O)(=O)CC)cc2)C1. The number of nitrogens with zero attached hydrogens (tertiary/aromatic N) is 1. The van der Waals surface area contributed by atoms with Crippen LogP contribution in [0.3, 0.4) is 0 Å². The molecule has 2 rings (SSSR count). The minimum absolute atomic E-state index is 0.0666. The molecule has 0 bridgehead atoms. The van der Waals surface area contributed by atoms with Crippen LogP contribution in [0.4, 0.5) is 5.69 Å². The van der Waals surface area contributed by atoms with E-state index in [4.69, 9.17) is 5.73 Å². The normalized spacial score (nSPS) is 18.2. The third-order valence-corrected chi connectivity index (χ3v) is 5.45. The van der Waals surface area contributed by atoms with Gasteiger partial charge in [-0.25, -0.2) is 8.42 Å². The number of rotatable bonds is 5. The Hall–Kier alpha value is -1.07. The van der Waals surface area contributed by atoms with E-state index in [2.05, 4.69) is 11.8 Å². The summed E-state index contributed by atoms with van der Waals surface area (Å²) in [6, 6.07) is 7.11. The fraction of sp³-hybridized carbons (Fsp3) is 0.571. The highest BCUT2D eigenvalue weighted by Gasteiger charge is 2.38. The van der Waals surface area contributed by atoms with E-state index in [0.29, 0.717) is 4.90 Å². The highest BCUT2D eigenvalue weighted by Crippen LogP contribution is 2.29.